The third-order valence-electron chi connectivity index (χ3n) is 5.13. The van der Waals surface area contributed by atoms with Crippen LogP contribution in [0.4, 0.5) is 5.69 Å². The number of carbonyl (C=O) groups excluding carboxylic acids is 2. The Morgan fingerprint density at radius 1 is 0.871 bits per heavy atom. The van der Waals surface area contributed by atoms with Gasteiger partial charge in [-0.05, 0) is 35.4 Å². The number of aromatic nitrogens is 1. The average Bonchev–Trinajstić information content (AvgIpc) is 3.04. The molecule has 0 saturated heterocycles. The largest absolute Gasteiger partial charge is 0.486 e. The molecular formula is C24H19N3O4. The number of hydrogen-bond donors (Lipinski definition) is 1. The minimum absolute atomic E-state index is 0.169. The van der Waals surface area contributed by atoms with Gasteiger partial charge in [-0.3, -0.25) is 19.5 Å². The van der Waals surface area contributed by atoms with Crippen LogP contribution in [0.3, 0.4) is 0 Å². The standard InChI is InChI=1S/C24H19N3O4/c28-23-21(17-4-2-1-3-5-17)22(24(29)27(23)15-16-8-10-25-11-9-16)26-18-6-7-19-20(14-18)31-13-12-30-19/h1-11,14,26H,12-13,15H2. The molecule has 2 aliphatic rings. The number of pyridine rings is 1. The highest BCUT2D eigenvalue weighted by Gasteiger charge is 2.39. The van der Waals surface area contributed by atoms with Gasteiger partial charge in [0, 0.05) is 24.1 Å². The lowest BCUT2D eigenvalue weighted by Crippen LogP contribution is -2.32. The van der Waals surface area contributed by atoms with Gasteiger partial charge in [0.25, 0.3) is 11.8 Å². The third-order valence-corrected chi connectivity index (χ3v) is 5.13. The first-order valence-electron chi connectivity index (χ1n) is 9.92. The lowest BCUT2D eigenvalue weighted by atomic mass is 10.0. The van der Waals surface area contributed by atoms with Crippen LogP contribution in [0.2, 0.25) is 0 Å². The average molecular weight is 413 g/mol. The van der Waals surface area contributed by atoms with E-state index in [1.165, 1.54) is 4.90 Å². The van der Waals surface area contributed by atoms with Crippen molar-refractivity contribution in [2.45, 2.75) is 6.54 Å². The fraction of sp³-hybridized carbons (Fsp3) is 0.125. The maximum Gasteiger partial charge on any atom is 0.278 e. The fourth-order valence-electron chi connectivity index (χ4n) is 3.64. The van der Waals surface area contributed by atoms with E-state index in [0.29, 0.717) is 41.5 Å². The van der Waals surface area contributed by atoms with Crippen LogP contribution >= 0.6 is 0 Å². The molecule has 2 amide bonds. The number of anilines is 1. The number of imide groups is 1. The summed E-state index contributed by atoms with van der Waals surface area (Å²) in [6.45, 7) is 1.13. The molecule has 31 heavy (non-hydrogen) atoms. The van der Waals surface area contributed by atoms with Crippen LogP contribution in [-0.4, -0.2) is 34.9 Å². The lowest BCUT2D eigenvalue weighted by Gasteiger charge is -2.19. The summed E-state index contributed by atoms with van der Waals surface area (Å²) in [7, 11) is 0. The lowest BCUT2D eigenvalue weighted by molar-refractivity contribution is -0.137. The van der Waals surface area contributed by atoms with Crippen molar-refractivity contribution in [1.82, 2.24) is 9.88 Å². The number of amides is 2. The number of nitrogens with one attached hydrogen (secondary N) is 1. The molecular weight excluding hydrogens is 394 g/mol. The number of benzene rings is 2. The molecule has 7 heteroatoms. The highest BCUT2D eigenvalue weighted by Crippen LogP contribution is 2.35. The molecule has 0 radical (unpaired) electrons. The SMILES string of the molecule is O=C1C(Nc2ccc3c(c2)OCCO3)=C(c2ccccc2)C(=O)N1Cc1ccncc1. The van der Waals surface area contributed by atoms with Crippen molar-refractivity contribution in [2.24, 2.45) is 0 Å². The van der Waals surface area contributed by atoms with Crippen LogP contribution in [-0.2, 0) is 16.1 Å². The number of ether oxygens (including phenoxy) is 2. The topological polar surface area (TPSA) is 80.8 Å². The van der Waals surface area contributed by atoms with Crippen molar-refractivity contribution in [3.05, 3.63) is 89.9 Å². The van der Waals surface area contributed by atoms with E-state index in [1.54, 1.807) is 42.7 Å². The van der Waals surface area contributed by atoms with Crippen molar-refractivity contribution >= 4 is 23.1 Å². The molecule has 1 aromatic heterocycles. The quantitative estimate of drug-likeness (QED) is 0.647. The Bertz CT molecular complexity index is 1180. The highest BCUT2D eigenvalue weighted by molar-refractivity contribution is 6.36. The van der Waals surface area contributed by atoms with Crippen LogP contribution in [0.25, 0.3) is 5.57 Å². The maximum absolute atomic E-state index is 13.3. The van der Waals surface area contributed by atoms with Crippen molar-refractivity contribution in [2.75, 3.05) is 18.5 Å². The number of fused-ring (bicyclic) bond motifs is 1. The van der Waals surface area contributed by atoms with Crippen LogP contribution in [0, 0.1) is 0 Å². The van der Waals surface area contributed by atoms with Gasteiger partial charge in [0.15, 0.2) is 11.5 Å². The Hall–Kier alpha value is -4.13. The predicted octanol–water partition coefficient (Wildman–Crippen LogP) is 3.25. The molecule has 5 rings (SSSR count). The molecule has 0 aliphatic carbocycles. The second-order valence-corrected chi connectivity index (χ2v) is 7.15. The molecule has 0 bridgehead atoms. The van der Waals surface area contributed by atoms with Crippen molar-refractivity contribution in [3.8, 4) is 11.5 Å². The first kappa shape index (κ1) is 18.9. The van der Waals surface area contributed by atoms with Crippen LogP contribution in [0.5, 0.6) is 11.5 Å². The zero-order valence-corrected chi connectivity index (χ0v) is 16.6. The molecule has 0 saturated carbocycles. The van der Waals surface area contributed by atoms with Gasteiger partial charge in [0.2, 0.25) is 0 Å². The molecule has 0 fully saturated rings. The molecule has 0 spiro atoms. The van der Waals surface area contributed by atoms with Gasteiger partial charge in [0.05, 0.1) is 12.1 Å². The zero-order valence-electron chi connectivity index (χ0n) is 16.6. The summed E-state index contributed by atoms with van der Waals surface area (Å²) < 4.78 is 11.2. The second kappa shape index (κ2) is 7.95. The van der Waals surface area contributed by atoms with Crippen molar-refractivity contribution in [3.63, 3.8) is 0 Å². The van der Waals surface area contributed by atoms with Gasteiger partial charge >= 0.3 is 0 Å². The Labute approximate surface area is 178 Å². The Kier molecular flexibility index (Phi) is 4.84. The number of rotatable bonds is 5. The molecule has 0 unspecified atom stereocenters. The molecule has 7 nitrogen and oxygen atoms in total. The van der Waals surface area contributed by atoms with Gasteiger partial charge in [-0.2, -0.15) is 0 Å². The number of hydrogen-bond acceptors (Lipinski definition) is 6. The summed E-state index contributed by atoms with van der Waals surface area (Å²) in [4.78, 5) is 31.9. The molecule has 154 valence electrons. The van der Waals surface area contributed by atoms with Gasteiger partial charge < -0.3 is 14.8 Å². The van der Waals surface area contributed by atoms with Gasteiger partial charge in [0.1, 0.15) is 18.9 Å². The van der Waals surface area contributed by atoms with Crippen LogP contribution < -0.4 is 14.8 Å². The fourth-order valence-corrected chi connectivity index (χ4v) is 3.64. The molecule has 3 heterocycles. The highest BCUT2D eigenvalue weighted by atomic mass is 16.6. The first-order chi connectivity index (χ1) is 15.2. The zero-order chi connectivity index (χ0) is 21.2. The summed E-state index contributed by atoms with van der Waals surface area (Å²) in [6, 6.07) is 18.1. The van der Waals surface area contributed by atoms with Crippen molar-refractivity contribution in [1.29, 1.82) is 0 Å². The molecule has 1 N–H and O–H groups in total. The second-order valence-electron chi connectivity index (χ2n) is 7.15. The molecule has 2 aliphatic heterocycles. The Balaban J connectivity index is 1.52. The van der Waals surface area contributed by atoms with E-state index < -0.39 is 0 Å². The van der Waals surface area contributed by atoms with E-state index in [4.69, 9.17) is 9.47 Å². The van der Waals surface area contributed by atoms with Crippen molar-refractivity contribution < 1.29 is 19.1 Å². The normalized spacial score (nSPS) is 15.4. The summed E-state index contributed by atoms with van der Waals surface area (Å²) in [5.74, 6) is 0.536. The minimum atomic E-state index is -0.379. The van der Waals surface area contributed by atoms with Gasteiger partial charge in [-0.1, -0.05) is 30.3 Å². The molecule has 3 aromatic rings. The predicted molar refractivity (Wildman–Crippen MR) is 114 cm³/mol. The third kappa shape index (κ3) is 3.61. The van der Waals surface area contributed by atoms with Gasteiger partial charge in [-0.25, -0.2) is 0 Å². The summed E-state index contributed by atoms with van der Waals surface area (Å²) >= 11 is 0. The first-order valence-corrected chi connectivity index (χ1v) is 9.92. The molecule has 2 aromatic carbocycles. The van der Waals surface area contributed by atoms with Crippen LogP contribution in [0.1, 0.15) is 11.1 Å². The van der Waals surface area contributed by atoms with E-state index >= 15 is 0 Å². The smallest absolute Gasteiger partial charge is 0.278 e. The van der Waals surface area contributed by atoms with Crippen LogP contribution in [0.15, 0.2) is 78.8 Å². The monoisotopic (exact) mass is 413 g/mol. The number of nitrogens with zero attached hydrogens (tertiary/aromatic N) is 2. The Morgan fingerprint density at radius 2 is 1.61 bits per heavy atom. The van der Waals surface area contributed by atoms with E-state index in [1.807, 2.05) is 30.3 Å². The van der Waals surface area contributed by atoms with E-state index in [0.717, 1.165) is 5.56 Å². The summed E-state index contributed by atoms with van der Waals surface area (Å²) in [5.41, 5.74) is 2.72. The summed E-state index contributed by atoms with van der Waals surface area (Å²) in [6.07, 6.45) is 3.28. The van der Waals surface area contributed by atoms with E-state index in [-0.39, 0.29) is 24.1 Å². The number of carbonyl (C=O) groups is 2. The maximum atomic E-state index is 13.3. The summed E-state index contributed by atoms with van der Waals surface area (Å²) in [5, 5.41) is 3.16. The van der Waals surface area contributed by atoms with Gasteiger partial charge in [-0.15, -0.1) is 0 Å². The van der Waals surface area contributed by atoms with E-state index in [2.05, 4.69) is 10.3 Å². The minimum Gasteiger partial charge on any atom is -0.486 e. The van der Waals surface area contributed by atoms with E-state index in [9.17, 15) is 9.59 Å². The Morgan fingerprint density at radius 3 is 2.39 bits per heavy atom. The molecule has 0 atom stereocenters.